The summed E-state index contributed by atoms with van der Waals surface area (Å²) >= 11 is 0. The van der Waals surface area contributed by atoms with Gasteiger partial charge in [0.15, 0.2) is 0 Å². The van der Waals surface area contributed by atoms with Gasteiger partial charge in [0.2, 0.25) is 11.8 Å². The normalized spacial score (nSPS) is 10.9. The average molecular weight is 633 g/mol. The highest BCUT2D eigenvalue weighted by atomic mass is 28.3. The summed E-state index contributed by atoms with van der Waals surface area (Å²) in [6.45, 7) is 3.19. The van der Waals surface area contributed by atoms with E-state index in [1.165, 1.54) is 0 Å². The van der Waals surface area contributed by atoms with Gasteiger partial charge in [0, 0.05) is 39.1 Å². The molecule has 0 unspecified atom stereocenters. The minimum atomic E-state index is -3.03. The number of benzene rings is 5. The Bertz CT molecular complexity index is 1720. The first-order valence-electron chi connectivity index (χ1n) is 15.2. The third kappa shape index (κ3) is 6.36. The van der Waals surface area contributed by atoms with Gasteiger partial charge in [-0.15, -0.1) is 0 Å². The molecule has 4 nitrogen and oxygen atoms in total. The number of carbonyl (C=O) groups is 2. The Balaban J connectivity index is 1.67. The third-order valence-corrected chi connectivity index (χ3v) is 16.6. The summed E-state index contributed by atoms with van der Waals surface area (Å²) in [6, 6.07) is 48.4. The van der Waals surface area contributed by atoms with E-state index in [9.17, 15) is 9.59 Å². The first-order chi connectivity index (χ1) is 22.3. The van der Waals surface area contributed by atoms with Gasteiger partial charge in [-0.3, -0.25) is 9.59 Å². The van der Waals surface area contributed by atoms with Crippen molar-refractivity contribution in [1.82, 2.24) is 9.13 Å². The lowest BCUT2D eigenvalue weighted by Crippen LogP contribution is -2.69. The van der Waals surface area contributed by atoms with Crippen molar-refractivity contribution in [3.63, 3.8) is 0 Å². The maximum atomic E-state index is 13.0. The number of hydrogen-bond acceptors (Lipinski definition) is 2. The van der Waals surface area contributed by atoms with E-state index >= 15 is 0 Å². The third-order valence-electron chi connectivity index (χ3n) is 8.36. The first kappa shape index (κ1) is 32.0. The minimum absolute atomic E-state index is 0.0361. The quantitative estimate of drug-likeness (QED) is 0.210. The molecular weight excluding hydrogens is 597 g/mol. The second-order valence-corrected chi connectivity index (χ2v) is 18.1. The van der Waals surface area contributed by atoms with E-state index in [2.05, 4.69) is 71.5 Å². The number of nitrogens with zero attached hydrogens (tertiary/aromatic N) is 2. The zero-order valence-corrected chi connectivity index (χ0v) is 28.6. The van der Waals surface area contributed by atoms with Crippen molar-refractivity contribution in [3.05, 3.63) is 157 Å². The molecule has 0 N–H and O–H groups in total. The van der Waals surface area contributed by atoms with Crippen LogP contribution >= 0.6 is 0 Å². The van der Waals surface area contributed by atoms with Gasteiger partial charge in [-0.1, -0.05) is 150 Å². The predicted molar refractivity (Wildman–Crippen MR) is 193 cm³/mol. The first-order valence-corrected chi connectivity index (χ1v) is 19.1. The molecule has 226 valence electrons. The molecule has 0 aliphatic heterocycles. The molecule has 0 radical (unpaired) electrons. The van der Waals surface area contributed by atoms with Crippen molar-refractivity contribution in [3.8, 4) is 22.9 Å². The standard InChI is InChI=1S/C40H36N2O2Si2/c1-33(43)41(3)45(37-20-9-5-10-21-37,38-22-11-6-12-23-38)30-28-35-18-17-19-36(32-35)29-31-46(42(4)34(2)44,39-24-13-7-14-25-39)40-26-15-8-16-27-40/h5-27,32H,1-4H3. The summed E-state index contributed by atoms with van der Waals surface area (Å²) in [6.07, 6.45) is 0. The van der Waals surface area contributed by atoms with Crippen LogP contribution in [0.25, 0.3) is 0 Å². The van der Waals surface area contributed by atoms with E-state index in [-0.39, 0.29) is 11.8 Å². The van der Waals surface area contributed by atoms with E-state index in [0.717, 1.165) is 31.9 Å². The van der Waals surface area contributed by atoms with Crippen molar-refractivity contribution < 1.29 is 9.59 Å². The Kier molecular flexibility index (Phi) is 9.83. The van der Waals surface area contributed by atoms with Gasteiger partial charge in [-0.05, 0) is 38.9 Å². The summed E-state index contributed by atoms with van der Waals surface area (Å²) in [4.78, 5) is 25.9. The van der Waals surface area contributed by atoms with Crippen molar-refractivity contribution in [2.24, 2.45) is 0 Å². The zero-order chi connectivity index (χ0) is 32.6. The van der Waals surface area contributed by atoms with Gasteiger partial charge in [0.1, 0.15) is 0 Å². The Labute approximate surface area is 274 Å². The van der Waals surface area contributed by atoms with Crippen LogP contribution in [0.3, 0.4) is 0 Å². The lowest BCUT2D eigenvalue weighted by atomic mass is 10.1. The van der Waals surface area contributed by atoms with Gasteiger partial charge in [0.05, 0.1) is 0 Å². The van der Waals surface area contributed by atoms with Crippen LogP contribution in [0.15, 0.2) is 146 Å². The molecule has 6 heteroatoms. The van der Waals surface area contributed by atoms with Crippen LogP contribution < -0.4 is 20.7 Å². The molecule has 46 heavy (non-hydrogen) atoms. The molecule has 0 bridgehead atoms. The van der Waals surface area contributed by atoms with E-state index in [1.54, 1.807) is 13.8 Å². The molecule has 0 aliphatic rings. The zero-order valence-electron chi connectivity index (χ0n) is 26.6. The van der Waals surface area contributed by atoms with Crippen LogP contribution in [0.5, 0.6) is 0 Å². The van der Waals surface area contributed by atoms with Crippen molar-refractivity contribution in [2.45, 2.75) is 13.8 Å². The molecule has 5 aromatic rings. The van der Waals surface area contributed by atoms with Gasteiger partial charge < -0.3 is 9.13 Å². The lowest BCUT2D eigenvalue weighted by Gasteiger charge is -2.35. The minimum Gasteiger partial charge on any atom is -0.354 e. The highest BCUT2D eigenvalue weighted by Crippen LogP contribution is 2.14. The largest absolute Gasteiger partial charge is 0.354 e. The van der Waals surface area contributed by atoms with Crippen LogP contribution in [0.4, 0.5) is 0 Å². The summed E-state index contributed by atoms with van der Waals surface area (Å²) in [5, 5.41) is 4.15. The van der Waals surface area contributed by atoms with Crippen LogP contribution in [0.2, 0.25) is 0 Å². The lowest BCUT2D eigenvalue weighted by molar-refractivity contribution is -0.124. The average Bonchev–Trinajstić information content (AvgIpc) is 3.10. The Morgan fingerprint density at radius 3 is 1.00 bits per heavy atom. The molecule has 0 saturated carbocycles. The van der Waals surface area contributed by atoms with Crippen LogP contribution in [0.1, 0.15) is 25.0 Å². The molecule has 0 aromatic heterocycles. The second-order valence-electron chi connectivity index (χ2n) is 11.1. The maximum absolute atomic E-state index is 13.0. The van der Waals surface area contributed by atoms with Crippen LogP contribution in [-0.4, -0.2) is 51.5 Å². The summed E-state index contributed by atoms with van der Waals surface area (Å²) in [5.74, 6) is 6.84. The van der Waals surface area contributed by atoms with E-state index in [4.69, 9.17) is 0 Å². The summed E-state index contributed by atoms with van der Waals surface area (Å²) in [5.41, 5.74) is 8.91. The fraction of sp³-hybridized carbons (Fsp3) is 0.100. The van der Waals surface area contributed by atoms with Gasteiger partial charge >= 0.3 is 16.5 Å². The van der Waals surface area contributed by atoms with Gasteiger partial charge in [0.25, 0.3) is 0 Å². The van der Waals surface area contributed by atoms with E-state index in [1.807, 2.05) is 120 Å². The molecule has 0 heterocycles. The summed E-state index contributed by atoms with van der Waals surface area (Å²) in [7, 11) is -2.35. The number of hydrogen-bond donors (Lipinski definition) is 0. The molecule has 0 atom stereocenters. The molecule has 2 amide bonds. The Morgan fingerprint density at radius 1 is 0.457 bits per heavy atom. The maximum Gasteiger partial charge on any atom is 0.304 e. The molecule has 5 aromatic carbocycles. The topological polar surface area (TPSA) is 40.6 Å². The molecule has 0 spiro atoms. The highest BCUT2D eigenvalue weighted by Gasteiger charge is 2.44. The SMILES string of the molecule is CC(=O)N(C)[Si](C#Cc1cccc(C#C[Si](c2ccccc2)(c2ccccc2)N(C)C(C)=O)c1)(c1ccccc1)c1ccccc1. The highest BCUT2D eigenvalue weighted by molar-refractivity contribution is 7.07. The van der Waals surface area contributed by atoms with Gasteiger partial charge in [-0.25, -0.2) is 0 Å². The monoisotopic (exact) mass is 632 g/mol. The van der Waals surface area contributed by atoms with Crippen molar-refractivity contribution in [1.29, 1.82) is 0 Å². The van der Waals surface area contributed by atoms with Gasteiger partial charge in [-0.2, -0.15) is 0 Å². The molecule has 0 fully saturated rings. The predicted octanol–water partition coefficient (Wildman–Crippen LogP) is 3.94. The number of amides is 2. The molecular formula is C40H36N2O2Si2. The smallest absolute Gasteiger partial charge is 0.304 e. The van der Waals surface area contributed by atoms with Crippen molar-refractivity contribution in [2.75, 3.05) is 14.1 Å². The fourth-order valence-electron chi connectivity index (χ4n) is 5.75. The summed E-state index contributed by atoms with van der Waals surface area (Å²) < 4.78 is 3.68. The second kappa shape index (κ2) is 14.1. The van der Waals surface area contributed by atoms with Crippen LogP contribution in [0, 0.1) is 22.9 Å². The molecule has 5 rings (SSSR count). The van der Waals surface area contributed by atoms with Crippen LogP contribution in [-0.2, 0) is 9.59 Å². The number of carbonyl (C=O) groups excluding carboxylic acids is 2. The molecule has 0 saturated heterocycles. The Morgan fingerprint density at radius 2 is 0.739 bits per heavy atom. The van der Waals surface area contributed by atoms with Crippen molar-refractivity contribution >= 4 is 49.0 Å². The van der Waals surface area contributed by atoms with E-state index in [0.29, 0.717) is 0 Å². The fourth-order valence-corrected chi connectivity index (χ4v) is 13.2. The van der Waals surface area contributed by atoms with E-state index < -0.39 is 16.5 Å². The number of rotatable bonds is 6. The Hall–Kier alpha value is -5.41. The molecule has 0 aliphatic carbocycles.